The number of nitrogens with zero attached hydrogens (tertiary/aromatic N) is 1. The average molecular weight is 281 g/mol. The van der Waals surface area contributed by atoms with Crippen molar-refractivity contribution in [1.29, 1.82) is 0 Å². The predicted octanol–water partition coefficient (Wildman–Crippen LogP) is 2.02. The highest BCUT2D eigenvalue weighted by atomic mass is 32.2. The average Bonchev–Trinajstić information content (AvgIpc) is 2.75. The molecular formula is C13H19N3O2S. The normalized spacial score (nSPS) is 13.3. The van der Waals surface area contributed by atoms with Crippen LogP contribution in [0.25, 0.3) is 11.0 Å². The van der Waals surface area contributed by atoms with Gasteiger partial charge in [0.05, 0.1) is 29.8 Å². The molecule has 5 nitrogen and oxygen atoms in total. The Labute approximate surface area is 116 Å². The van der Waals surface area contributed by atoms with Crippen LogP contribution in [0.5, 0.6) is 0 Å². The first-order valence-corrected chi connectivity index (χ1v) is 7.21. The minimum atomic E-state index is -0.495. The van der Waals surface area contributed by atoms with Crippen molar-refractivity contribution >= 4 is 28.5 Å². The Morgan fingerprint density at radius 3 is 3.00 bits per heavy atom. The molecule has 0 fully saturated rings. The lowest BCUT2D eigenvalue weighted by atomic mass is 10.3. The second kappa shape index (κ2) is 6.27. The summed E-state index contributed by atoms with van der Waals surface area (Å²) >= 11 is 1.47. The smallest absolute Gasteiger partial charge is 0.166 e. The van der Waals surface area contributed by atoms with Crippen LogP contribution in [-0.2, 0) is 4.74 Å². The van der Waals surface area contributed by atoms with Crippen molar-refractivity contribution < 1.29 is 9.84 Å². The summed E-state index contributed by atoms with van der Waals surface area (Å²) < 4.78 is 5.36. The summed E-state index contributed by atoms with van der Waals surface area (Å²) in [6.45, 7) is 4.24. The van der Waals surface area contributed by atoms with Gasteiger partial charge in [0, 0.05) is 11.4 Å². The molecule has 6 heteroatoms. The number of anilines is 1. The SMILES string of the molecule is CC(C)OCC(O)CSc1nc2ccc(N)cc2[nH]1. The van der Waals surface area contributed by atoms with Crippen LogP contribution in [-0.4, -0.2) is 39.6 Å². The minimum Gasteiger partial charge on any atom is -0.399 e. The fourth-order valence-electron chi connectivity index (χ4n) is 1.60. The quantitative estimate of drug-likeness (QED) is 0.557. The van der Waals surface area contributed by atoms with Crippen molar-refractivity contribution in [3.05, 3.63) is 18.2 Å². The van der Waals surface area contributed by atoms with Gasteiger partial charge in [-0.15, -0.1) is 0 Å². The number of aromatic nitrogens is 2. The molecule has 0 bridgehead atoms. The van der Waals surface area contributed by atoms with Crippen LogP contribution in [0.1, 0.15) is 13.8 Å². The molecule has 19 heavy (non-hydrogen) atoms. The summed E-state index contributed by atoms with van der Waals surface area (Å²) in [5, 5.41) is 10.6. The maximum Gasteiger partial charge on any atom is 0.166 e. The number of thioether (sulfide) groups is 1. The molecule has 1 aromatic heterocycles. The maximum atomic E-state index is 9.77. The highest BCUT2D eigenvalue weighted by Gasteiger charge is 2.09. The lowest BCUT2D eigenvalue weighted by molar-refractivity contribution is 0.0152. The number of H-pyrrole nitrogens is 1. The van der Waals surface area contributed by atoms with E-state index in [1.807, 2.05) is 32.0 Å². The van der Waals surface area contributed by atoms with Gasteiger partial charge in [-0.25, -0.2) is 4.98 Å². The molecule has 104 valence electrons. The van der Waals surface area contributed by atoms with Crippen LogP contribution in [0.15, 0.2) is 23.4 Å². The van der Waals surface area contributed by atoms with Crippen LogP contribution in [0, 0.1) is 0 Å². The molecular weight excluding hydrogens is 262 g/mol. The number of aromatic amines is 1. The number of aliphatic hydroxyl groups excluding tert-OH is 1. The maximum absolute atomic E-state index is 9.77. The number of rotatable bonds is 6. The number of nitrogen functional groups attached to an aromatic ring is 1. The van der Waals surface area contributed by atoms with Crippen molar-refractivity contribution in [2.75, 3.05) is 18.1 Å². The number of imidazole rings is 1. The van der Waals surface area contributed by atoms with Crippen LogP contribution >= 0.6 is 11.8 Å². The standard InChI is InChI=1S/C13H19N3O2S/c1-8(2)18-6-10(17)7-19-13-15-11-4-3-9(14)5-12(11)16-13/h3-5,8,10,17H,6-7,14H2,1-2H3,(H,15,16). The zero-order valence-electron chi connectivity index (χ0n) is 11.1. The lowest BCUT2D eigenvalue weighted by Crippen LogP contribution is -2.20. The number of aliphatic hydroxyl groups is 1. The summed E-state index contributed by atoms with van der Waals surface area (Å²) in [6, 6.07) is 5.55. The highest BCUT2D eigenvalue weighted by molar-refractivity contribution is 7.99. The first-order chi connectivity index (χ1) is 9.04. The third kappa shape index (κ3) is 4.12. The third-order valence-electron chi connectivity index (χ3n) is 2.52. The Kier molecular flexibility index (Phi) is 4.68. The van der Waals surface area contributed by atoms with Crippen molar-refractivity contribution in [1.82, 2.24) is 9.97 Å². The van der Waals surface area contributed by atoms with Crippen molar-refractivity contribution in [3.8, 4) is 0 Å². The van der Waals surface area contributed by atoms with E-state index in [1.165, 1.54) is 11.8 Å². The zero-order chi connectivity index (χ0) is 13.8. The van der Waals surface area contributed by atoms with Gasteiger partial charge in [0.15, 0.2) is 5.16 Å². The molecule has 0 amide bonds. The summed E-state index contributed by atoms with van der Waals surface area (Å²) in [6.07, 6.45) is -0.362. The molecule has 2 rings (SSSR count). The summed E-state index contributed by atoms with van der Waals surface area (Å²) in [7, 11) is 0. The van der Waals surface area contributed by atoms with Crippen LogP contribution in [0.2, 0.25) is 0 Å². The van der Waals surface area contributed by atoms with E-state index in [-0.39, 0.29) is 6.10 Å². The Morgan fingerprint density at radius 2 is 2.26 bits per heavy atom. The molecule has 1 unspecified atom stereocenters. The van der Waals surface area contributed by atoms with E-state index < -0.39 is 6.10 Å². The van der Waals surface area contributed by atoms with Gasteiger partial charge >= 0.3 is 0 Å². The van der Waals surface area contributed by atoms with Crippen LogP contribution in [0.3, 0.4) is 0 Å². The van der Waals surface area contributed by atoms with Crippen molar-refractivity contribution in [2.45, 2.75) is 31.2 Å². The van der Waals surface area contributed by atoms with Crippen LogP contribution in [0.4, 0.5) is 5.69 Å². The van der Waals surface area contributed by atoms with Gasteiger partial charge < -0.3 is 20.6 Å². The molecule has 0 aliphatic carbocycles. The fraction of sp³-hybridized carbons (Fsp3) is 0.462. The van der Waals surface area contributed by atoms with Gasteiger partial charge in [0.25, 0.3) is 0 Å². The lowest BCUT2D eigenvalue weighted by Gasteiger charge is -2.12. The molecule has 0 aliphatic rings. The number of nitrogens with two attached hydrogens (primary N) is 1. The van der Waals surface area contributed by atoms with E-state index in [0.29, 0.717) is 18.0 Å². The number of nitrogens with one attached hydrogen (secondary N) is 1. The van der Waals surface area contributed by atoms with Gasteiger partial charge in [-0.1, -0.05) is 11.8 Å². The van der Waals surface area contributed by atoms with E-state index in [1.54, 1.807) is 0 Å². The largest absolute Gasteiger partial charge is 0.399 e. The van der Waals surface area contributed by atoms with E-state index in [9.17, 15) is 5.11 Å². The van der Waals surface area contributed by atoms with Gasteiger partial charge in [0.2, 0.25) is 0 Å². The monoisotopic (exact) mass is 281 g/mol. The number of hydrogen-bond acceptors (Lipinski definition) is 5. The van der Waals surface area contributed by atoms with Gasteiger partial charge in [0.1, 0.15) is 0 Å². The molecule has 1 aromatic carbocycles. The third-order valence-corrected chi connectivity index (χ3v) is 3.54. The van der Waals surface area contributed by atoms with Gasteiger partial charge in [-0.3, -0.25) is 0 Å². The number of fused-ring (bicyclic) bond motifs is 1. The first kappa shape index (κ1) is 14.2. The van der Waals surface area contributed by atoms with Gasteiger partial charge in [-0.05, 0) is 32.0 Å². The highest BCUT2D eigenvalue weighted by Crippen LogP contribution is 2.21. The number of benzene rings is 1. The van der Waals surface area contributed by atoms with E-state index in [4.69, 9.17) is 10.5 Å². The summed E-state index contributed by atoms with van der Waals surface area (Å²) in [5.41, 5.74) is 8.21. The second-order valence-electron chi connectivity index (χ2n) is 4.67. The molecule has 1 heterocycles. The van der Waals surface area contributed by atoms with Crippen molar-refractivity contribution in [2.24, 2.45) is 0 Å². The predicted molar refractivity (Wildman–Crippen MR) is 78.3 cm³/mol. The molecule has 0 aliphatic heterocycles. The van der Waals surface area contributed by atoms with Crippen molar-refractivity contribution in [3.63, 3.8) is 0 Å². The summed E-state index contributed by atoms with van der Waals surface area (Å²) in [5.74, 6) is 0.544. The second-order valence-corrected chi connectivity index (χ2v) is 5.67. The molecule has 0 spiro atoms. The molecule has 0 radical (unpaired) electrons. The Hall–Kier alpha value is -1.24. The topological polar surface area (TPSA) is 84.2 Å². The molecule has 0 saturated heterocycles. The number of hydrogen-bond donors (Lipinski definition) is 3. The molecule has 0 saturated carbocycles. The van der Waals surface area contributed by atoms with E-state index in [0.717, 1.165) is 16.2 Å². The van der Waals surface area contributed by atoms with Crippen LogP contribution < -0.4 is 5.73 Å². The summed E-state index contributed by atoms with van der Waals surface area (Å²) in [4.78, 5) is 7.60. The van der Waals surface area contributed by atoms with E-state index in [2.05, 4.69) is 9.97 Å². The first-order valence-electron chi connectivity index (χ1n) is 6.22. The molecule has 2 aromatic rings. The van der Waals surface area contributed by atoms with Gasteiger partial charge in [-0.2, -0.15) is 0 Å². The Morgan fingerprint density at radius 1 is 1.47 bits per heavy atom. The Balaban J connectivity index is 1.90. The zero-order valence-corrected chi connectivity index (χ0v) is 11.9. The van der Waals surface area contributed by atoms with E-state index >= 15 is 0 Å². The Bertz CT molecular complexity index is 542. The fourth-order valence-corrected chi connectivity index (χ4v) is 2.39. The minimum absolute atomic E-state index is 0.133. The number of ether oxygens (including phenoxy) is 1. The molecule has 1 atom stereocenters. The molecule has 4 N–H and O–H groups in total.